The molecule has 1 saturated heterocycles. The third-order valence-corrected chi connectivity index (χ3v) is 9.00. The van der Waals surface area contributed by atoms with E-state index in [1.54, 1.807) is 0 Å². The van der Waals surface area contributed by atoms with Crippen LogP contribution in [0.1, 0.15) is 30.1 Å². The van der Waals surface area contributed by atoms with Crippen LogP contribution in [0.4, 0.5) is 0 Å². The molecule has 0 radical (unpaired) electrons. The zero-order valence-corrected chi connectivity index (χ0v) is 20.1. The zero-order valence-electron chi connectivity index (χ0n) is 18.5. The zero-order chi connectivity index (χ0) is 23.2. The molecule has 10 heteroatoms. The lowest BCUT2D eigenvalue weighted by atomic mass is 10.0. The van der Waals surface area contributed by atoms with Crippen molar-refractivity contribution in [2.45, 2.75) is 24.7 Å². The largest absolute Gasteiger partial charge is 0.486 e. The maximum Gasteiger partial charge on any atom is 0.279 e. The number of amides is 1. The number of thiazole rings is 1. The summed E-state index contributed by atoms with van der Waals surface area (Å²) in [5, 5.41) is 0. The Morgan fingerprint density at radius 1 is 1.12 bits per heavy atom. The maximum absolute atomic E-state index is 13.0. The predicted molar refractivity (Wildman–Crippen MR) is 125 cm³/mol. The molecule has 5 rings (SSSR count). The van der Waals surface area contributed by atoms with Gasteiger partial charge in [-0.1, -0.05) is 18.3 Å². The van der Waals surface area contributed by atoms with Gasteiger partial charge in [-0.2, -0.15) is 9.30 Å². The van der Waals surface area contributed by atoms with Crippen molar-refractivity contribution in [3.05, 3.63) is 46.8 Å². The van der Waals surface area contributed by atoms with Gasteiger partial charge in [-0.3, -0.25) is 4.79 Å². The summed E-state index contributed by atoms with van der Waals surface area (Å²) < 4.78 is 41.5. The minimum Gasteiger partial charge on any atom is -0.486 e. The number of nitrogens with zero attached hydrogens (tertiary/aromatic N) is 3. The van der Waals surface area contributed by atoms with Gasteiger partial charge >= 0.3 is 0 Å². The second-order valence-electron chi connectivity index (χ2n) is 8.46. The van der Waals surface area contributed by atoms with Crippen LogP contribution in [0.2, 0.25) is 0 Å². The summed E-state index contributed by atoms with van der Waals surface area (Å²) in [6.45, 7) is 4.14. The van der Waals surface area contributed by atoms with E-state index in [0.717, 1.165) is 23.1 Å². The van der Waals surface area contributed by atoms with E-state index in [1.165, 1.54) is 39.9 Å². The fourth-order valence-electron chi connectivity index (χ4n) is 4.21. The molecular formula is C23H25N3O5S2. The van der Waals surface area contributed by atoms with Crippen molar-refractivity contribution >= 4 is 37.5 Å². The van der Waals surface area contributed by atoms with Crippen LogP contribution in [-0.2, 0) is 17.1 Å². The number of aromatic nitrogens is 1. The fraction of sp³-hybridized carbons (Fsp3) is 0.391. The molecule has 2 aromatic carbocycles. The number of hydrogen-bond acceptors (Lipinski definition) is 6. The van der Waals surface area contributed by atoms with Crippen LogP contribution in [0.5, 0.6) is 11.5 Å². The van der Waals surface area contributed by atoms with Gasteiger partial charge in [0.15, 0.2) is 16.3 Å². The van der Waals surface area contributed by atoms with Crippen molar-refractivity contribution in [2.75, 3.05) is 26.3 Å². The summed E-state index contributed by atoms with van der Waals surface area (Å²) in [7, 11) is -1.72. The Balaban J connectivity index is 1.42. The van der Waals surface area contributed by atoms with Gasteiger partial charge < -0.3 is 14.0 Å². The van der Waals surface area contributed by atoms with Crippen LogP contribution >= 0.6 is 11.3 Å². The summed E-state index contributed by atoms with van der Waals surface area (Å²) in [6, 6.07) is 9.83. The first-order chi connectivity index (χ1) is 15.8. The van der Waals surface area contributed by atoms with Crippen LogP contribution < -0.4 is 14.3 Å². The molecule has 1 atom stereocenters. The van der Waals surface area contributed by atoms with E-state index in [1.807, 2.05) is 23.7 Å². The molecule has 1 unspecified atom stereocenters. The van der Waals surface area contributed by atoms with E-state index in [-0.39, 0.29) is 4.90 Å². The first kappa shape index (κ1) is 22.1. The van der Waals surface area contributed by atoms with Gasteiger partial charge in [0.1, 0.15) is 13.2 Å². The number of carbonyl (C=O) groups excluding carboxylic acids is 1. The van der Waals surface area contributed by atoms with Crippen molar-refractivity contribution in [1.82, 2.24) is 8.87 Å². The Hall–Kier alpha value is -2.69. The molecule has 3 aromatic rings. The van der Waals surface area contributed by atoms with Crippen molar-refractivity contribution < 1.29 is 22.7 Å². The fourth-order valence-corrected chi connectivity index (χ4v) is 6.83. The second kappa shape index (κ2) is 8.58. The van der Waals surface area contributed by atoms with Crippen molar-refractivity contribution in [1.29, 1.82) is 0 Å². The molecule has 1 aromatic heterocycles. The molecule has 0 aliphatic carbocycles. The monoisotopic (exact) mass is 487 g/mol. The molecule has 2 aliphatic rings. The van der Waals surface area contributed by atoms with Gasteiger partial charge in [0.05, 0.1) is 15.1 Å². The van der Waals surface area contributed by atoms with Gasteiger partial charge in [0, 0.05) is 37.8 Å². The first-order valence-corrected chi connectivity index (χ1v) is 13.2. The van der Waals surface area contributed by atoms with Crippen LogP contribution in [0.15, 0.2) is 46.3 Å². The number of aryl methyl sites for hydroxylation is 1. The van der Waals surface area contributed by atoms with E-state index >= 15 is 0 Å². The average Bonchev–Trinajstić information content (AvgIpc) is 3.11. The molecule has 174 valence electrons. The SMILES string of the molecule is CC1CCCN(S(=O)(=O)c2ccc(C(=O)N=c3sc4cc5c(cc4n3C)OCCO5)cc2)C1. The standard InChI is InChI=1S/C23H25N3O5S2/c1-15-4-3-9-26(14-15)33(28,29)17-7-5-16(6-8-17)22(27)24-23-25(2)18-12-19-20(13-21(18)32-23)31-11-10-30-19/h5-8,12-13,15H,3-4,9-11,14H2,1-2H3. The van der Waals surface area contributed by atoms with Crippen LogP contribution in [-0.4, -0.2) is 49.5 Å². The summed E-state index contributed by atoms with van der Waals surface area (Å²) in [4.78, 5) is 17.8. The van der Waals surface area contributed by atoms with Gasteiger partial charge in [0.25, 0.3) is 5.91 Å². The average molecular weight is 488 g/mol. The second-order valence-corrected chi connectivity index (χ2v) is 11.4. The van der Waals surface area contributed by atoms with Crippen LogP contribution in [0.3, 0.4) is 0 Å². The van der Waals surface area contributed by atoms with Crippen LogP contribution in [0.25, 0.3) is 10.2 Å². The summed E-state index contributed by atoms with van der Waals surface area (Å²) >= 11 is 1.38. The molecule has 0 saturated carbocycles. The number of benzene rings is 2. The number of ether oxygens (including phenoxy) is 2. The number of rotatable bonds is 3. The molecule has 0 bridgehead atoms. The smallest absolute Gasteiger partial charge is 0.279 e. The highest BCUT2D eigenvalue weighted by atomic mass is 32.2. The predicted octanol–water partition coefficient (Wildman–Crippen LogP) is 3.17. The third kappa shape index (κ3) is 4.18. The lowest BCUT2D eigenvalue weighted by Gasteiger charge is -2.30. The molecule has 1 amide bonds. The number of fused-ring (bicyclic) bond motifs is 2. The maximum atomic E-state index is 13.0. The van der Waals surface area contributed by atoms with E-state index in [4.69, 9.17) is 9.47 Å². The molecule has 33 heavy (non-hydrogen) atoms. The lowest BCUT2D eigenvalue weighted by Crippen LogP contribution is -2.39. The van der Waals surface area contributed by atoms with E-state index < -0.39 is 15.9 Å². The molecule has 1 fully saturated rings. The van der Waals surface area contributed by atoms with E-state index in [2.05, 4.69) is 11.9 Å². The van der Waals surface area contributed by atoms with Crippen molar-refractivity contribution in [3.8, 4) is 11.5 Å². The van der Waals surface area contributed by atoms with Gasteiger partial charge in [-0.15, -0.1) is 0 Å². The van der Waals surface area contributed by atoms with Gasteiger partial charge in [-0.05, 0) is 43.0 Å². The minimum atomic E-state index is -3.56. The highest BCUT2D eigenvalue weighted by molar-refractivity contribution is 7.89. The molecule has 2 aliphatic heterocycles. The molecule has 0 N–H and O–H groups in total. The number of sulfonamides is 1. The Bertz CT molecular complexity index is 1390. The topological polar surface area (TPSA) is 90.2 Å². The molecule has 3 heterocycles. The normalized spacial score (nSPS) is 19.7. The van der Waals surface area contributed by atoms with Crippen molar-refractivity contribution in [3.63, 3.8) is 0 Å². The molecule has 0 spiro atoms. The highest BCUT2D eigenvalue weighted by Gasteiger charge is 2.28. The number of piperidine rings is 1. The van der Waals surface area contributed by atoms with Gasteiger partial charge in [-0.25, -0.2) is 8.42 Å². The van der Waals surface area contributed by atoms with E-state index in [0.29, 0.717) is 54.1 Å². The van der Waals surface area contributed by atoms with Gasteiger partial charge in [0.2, 0.25) is 10.0 Å². The Kier molecular flexibility index (Phi) is 5.75. The van der Waals surface area contributed by atoms with Crippen LogP contribution in [0, 0.1) is 5.92 Å². The highest BCUT2D eigenvalue weighted by Crippen LogP contribution is 2.35. The summed E-state index contributed by atoms with van der Waals surface area (Å²) in [5.41, 5.74) is 1.23. The summed E-state index contributed by atoms with van der Waals surface area (Å²) in [5.74, 6) is 1.29. The quantitative estimate of drug-likeness (QED) is 0.566. The molecular weight excluding hydrogens is 462 g/mol. The van der Waals surface area contributed by atoms with E-state index in [9.17, 15) is 13.2 Å². The lowest BCUT2D eigenvalue weighted by molar-refractivity contribution is 0.0998. The first-order valence-electron chi connectivity index (χ1n) is 10.9. The minimum absolute atomic E-state index is 0.200. The Morgan fingerprint density at radius 3 is 2.52 bits per heavy atom. The third-order valence-electron chi connectivity index (χ3n) is 6.03. The number of hydrogen-bond donors (Lipinski definition) is 0. The van der Waals surface area contributed by atoms with Crippen molar-refractivity contribution in [2.24, 2.45) is 18.0 Å². The number of carbonyl (C=O) groups is 1. The Morgan fingerprint density at radius 2 is 1.82 bits per heavy atom. The Labute approximate surface area is 196 Å². The molecule has 8 nitrogen and oxygen atoms in total. The summed E-state index contributed by atoms with van der Waals surface area (Å²) in [6.07, 6.45) is 1.90.